The number of hydrogen-bond donors (Lipinski definition) is 1. The van der Waals surface area contributed by atoms with E-state index in [4.69, 9.17) is 10.5 Å². The number of anilines is 1. The fraction of sp³-hybridized carbons (Fsp3) is 0.300. The largest absolute Gasteiger partial charge is 0.467 e. The molecule has 2 N–H and O–H groups in total. The minimum atomic E-state index is -0.579. The highest BCUT2D eigenvalue weighted by atomic mass is 16.5. The Kier molecular flexibility index (Phi) is 4.49. The van der Waals surface area contributed by atoms with E-state index in [2.05, 4.69) is 0 Å². The number of fused-ring (bicyclic) bond motifs is 1. The van der Waals surface area contributed by atoms with Crippen molar-refractivity contribution in [2.45, 2.75) is 26.4 Å². The number of nitrogen functional groups attached to an aromatic ring is 1. The van der Waals surface area contributed by atoms with Crippen LogP contribution in [0.15, 0.2) is 42.5 Å². The Morgan fingerprint density at radius 1 is 1.12 bits per heavy atom. The van der Waals surface area contributed by atoms with Crippen molar-refractivity contribution in [3.63, 3.8) is 0 Å². The summed E-state index contributed by atoms with van der Waals surface area (Å²) in [4.78, 5) is 26.6. The van der Waals surface area contributed by atoms with Crippen LogP contribution < -0.4 is 5.73 Å². The molecule has 1 atom stereocenters. The molecule has 2 aromatic rings. The number of rotatable bonds is 4. The molecule has 1 aliphatic heterocycles. The third-order valence-corrected chi connectivity index (χ3v) is 4.60. The number of nitrogens with zero attached hydrogens (tertiary/aromatic N) is 1. The second-order valence-corrected chi connectivity index (χ2v) is 6.64. The van der Waals surface area contributed by atoms with Gasteiger partial charge in [-0.2, -0.15) is 0 Å². The molecule has 1 aliphatic rings. The van der Waals surface area contributed by atoms with Crippen LogP contribution in [0, 0.1) is 5.92 Å². The van der Waals surface area contributed by atoms with Crippen molar-refractivity contribution in [2.75, 3.05) is 12.8 Å². The number of amides is 1. The van der Waals surface area contributed by atoms with Crippen LogP contribution in [0.1, 0.15) is 29.8 Å². The van der Waals surface area contributed by atoms with E-state index in [-0.39, 0.29) is 17.8 Å². The van der Waals surface area contributed by atoms with Gasteiger partial charge in [-0.05, 0) is 40.8 Å². The highest BCUT2D eigenvalue weighted by Crippen LogP contribution is 2.31. The van der Waals surface area contributed by atoms with Crippen molar-refractivity contribution >= 4 is 17.6 Å². The van der Waals surface area contributed by atoms with E-state index in [9.17, 15) is 9.59 Å². The van der Waals surface area contributed by atoms with Gasteiger partial charge in [0.25, 0.3) is 5.91 Å². The number of methoxy groups -OCH3 is 1. The molecule has 0 aromatic heterocycles. The van der Waals surface area contributed by atoms with Crippen molar-refractivity contribution in [3.05, 3.63) is 53.6 Å². The Morgan fingerprint density at radius 3 is 2.36 bits per heavy atom. The van der Waals surface area contributed by atoms with E-state index in [1.54, 1.807) is 4.90 Å². The number of ether oxygens (including phenoxy) is 1. The quantitative estimate of drug-likeness (QED) is 0.687. The zero-order chi connectivity index (χ0) is 18.1. The molecule has 130 valence electrons. The molecule has 5 heteroatoms. The normalized spacial score (nSPS) is 14.6. The van der Waals surface area contributed by atoms with Crippen LogP contribution in [0.2, 0.25) is 0 Å². The molecular weight excluding hydrogens is 316 g/mol. The highest BCUT2D eigenvalue weighted by molar-refractivity contribution is 6.01. The van der Waals surface area contributed by atoms with Gasteiger partial charge in [0.2, 0.25) is 0 Å². The van der Waals surface area contributed by atoms with Crippen LogP contribution >= 0.6 is 0 Å². The minimum Gasteiger partial charge on any atom is -0.467 e. The van der Waals surface area contributed by atoms with E-state index in [0.717, 1.165) is 16.7 Å². The van der Waals surface area contributed by atoms with E-state index < -0.39 is 6.04 Å². The summed E-state index contributed by atoms with van der Waals surface area (Å²) in [6.07, 6.45) is 0. The predicted octanol–water partition coefficient (Wildman–Crippen LogP) is 3.09. The minimum absolute atomic E-state index is 0.0257. The van der Waals surface area contributed by atoms with E-state index >= 15 is 0 Å². The highest BCUT2D eigenvalue weighted by Gasteiger charge is 2.38. The summed E-state index contributed by atoms with van der Waals surface area (Å²) < 4.78 is 4.89. The zero-order valence-electron chi connectivity index (χ0n) is 14.7. The molecule has 3 rings (SSSR count). The van der Waals surface area contributed by atoms with Gasteiger partial charge in [0.1, 0.15) is 6.04 Å². The SMILES string of the molecule is COC(=O)[C@@H](C(C)C)N1Cc2ccc(-c3ccc(N)cc3)cc2C1=O. The number of carbonyl (C=O) groups excluding carboxylic acids is 2. The number of hydrogen-bond acceptors (Lipinski definition) is 4. The smallest absolute Gasteiger partial charge is 0.328 e. The lowest BCUT2D eigenvalue weighted by molar-refractivity contribution is -0.147. The summed E-state index contributed by atoms with van der Waals surface area (Å²) in [5.74, 6) is -0.534. The van der Waals surface area contributed by atoms with E-state index in [1.165, 1.54) is 7.11 Å². The number of carbonyl (C=O) groups is 2. The van der Waals surface area contributed by atoms with Gasteiger partial charge in [0.05, 0.1) is 7.11 Å². The topological polar surface area (TPSA) is 72.6 Å². The average Bonchev–Trinajstić information content (AvgIpc) is 2.91. The van der Waals surface area contributed by atoms with Crippen LogP contribution in [0.5, 0.6) is 0 Å². The molecule has 0 fully saturated rings. The Hall–Kier alpha value is -2.82. The molecule has 0 unspecified atom stereocenters. The van der Waals surface area contributed by atoms with Crippen LogP contribution in [0.25, 0.3) is 11.1 Å². The molecule has 1 amide bonds. The maximum absolute atomic E-state index is 12.9. The summed E-state index contributed by atoms with van der Waals surface area (Å²) in [7, 11) is 1.35. The van der Waals surface area contributed by atoms with Crippen molar-refractivity contribution in [1.82, 2.24) is 4.90 Å². The van der Waals surface area contributed by atoms with Crippen molar-refractivity contribution in [1.29, 1.82) is 0 Å². The van der Waals surface area contributed by atoms with Gasteiger partial charge in [-0.25, -0.2) is 4.79 Å². The number of esters is 1. The van der Waals surface area contributed by atoms with Gasteiger partial charge in [-0.1, -0.05) is 38.1 Å². The first-order valence-electron chi connectivity index (χ1n) is 8.30. The molecule has 0 bridgehead atoms. The third kappa shape index (κ3) is 3.09. The first-order valence-corrected chi connectivity index (χ1v) is 8.30. The maximum atomic E-state index is 12.9. The fourth-order valence-corrected chi connectivity index (χ4v) is 3.28. The first kappa shape index (κ1) is 17.0. The molecule has 1 heterocycles. The fourth-order valence-electron chi connectivity index (χ4n) is 3.28. The van der Waals surface area contributed by atoms with Gasteiger partial charge in [0, 0.05) is 17.8 Å². The lowest BCUT2D eigenvalue weighted by Crippen LogP contribution is -2.45. The molecule has 0 saturated carbocycles. The van der Waals surface area contributed by atoms with Crippen LogP contribution in [-0.2, 0) is 16.1 Å². The summed E-state index contributed by atoms with van der Waals surface area (Å²) >= 11 is 0. The third-order valence-electron chi connectivity index (χ3n) is 4.60. The number of nitrogens with two attached hydrogens (primary N) is 1. The van der Waals surface area contributed by atoms with Crippen LogP contribution in [-0.4, -0.2) is 29.9 Å². The Bertz CT molecular complexity index is 812. The summed E-state index contributed by atoms with van der Waals surface area (Å²) in [5, 5.41) is 0. The lowest BCUT2D eigenvalue weighted by atomic mass is 10.0. The Balaban J connectivity index is 1.94. The second-order valence-electron chi connectivity index (χ2n) is 6.64. The monoisotopic (exact) mass is 338 g/mol. The zero-order valence-corrected chi connectivity index (χ0v) is 14.7. The average molecular weight is 338 g/mol. The second kappa shape index (κ2) is 6.59. The summed E-state index contributed by atoms with van der Waals surface area (Å²) in [6, 6.07) is 12.8. The van der Waals surface area contributed by atoms with E-state index in [0.29, 0.717) is 17.8 Å². The molecule has 0 radical (unpaired) electrons. The van der Waals surface area contributed by atoms with Crippen LogP contribution in [0.3, 0.4) is 0 Å². The van der Waals surface area contributed by atoms with Gasteiger partial charge >= 0.3 is 5.97 Å². The standard InChI is InChI=1S/C20H22N2O3/c1-12(2)18(20(24)25-3)22-11-15-5-4-14(10-17(15)19(22)23)13-6-8-16(21)9-7-13/h4-10,12,18H,11,21H2,1-3H3/t18-/m1/s1. The van der Waals surface area contributed by atoms with E-state index in [1.807, 2.05) is 56.3 Å². The van der Waals surface area contributed by atoms with Gasteiger partial charge in [-0.15, -0.1) is 0 Å². The van der Waals surface area contributed by atoms with Crippen molar-refractivity contribution in [3.8, 4) is 11.1 Å². The summed E-state index contributed by atoms with van der Waals surface area (Å²) in [5.41, 5.74) is 9.95. The van der Waals surface area contributed by atoms with Gasteiger partial charge in [0.15, 0.2) is 0 Å². The lowest BCUT2D eigenvalue weighted by Gasteiger charge is -2.28. The maximum Gasteiger partial charge on any atom is 0.328 e. The number of benzene rings is 2. The van der Waals surface area contributed by atoms with Crippen molar-refractivity contribution in [2.24, 2.45) is 5.92 Å². The Morgan fingerprint density at radius 2 is 1.76 bits per heavy atom. The van der Waals surface area contributed by atoms with Crippen LogP contribution in [0.4, 0.5) is 5.69 Å². The Labute approximate surface area is 147 Å². The molecule has 5 nitrogen and oxygen atoms in total. The predicted molar refractivity (Wildman–Crippen MR) is 96.8 cm³/mol. The summed E-state index contributed by atoms with van der Waals surface area (Å²) in [6.45, 7) is 4.25. The van der Waals surface area contributed by atoms with Gasteiger partial charge in [-0.3, -0.25) is 4.79 Å². The molecule has 2 aromatic carbocycles. The molecule has 0 spiro atoms. The molecular formula is C20H22N2O3. The first-order chi connectivity index (χ1) is 11.9. The van der Waals surface area contributed by atoms with Crippen molar-refractivity contribution < 1.29 is 14.3 Å². The van der Waals surface area contributed by atoms with Gasteiger partial charge < -0.3 is 15.4 Å². The molecule has 0 aliphatic carbocycles. The molecule has 25 heavy (non-hydrogen) atoms. The molecule has 0 saturated heterocycles.